The lowest BCUT2D eigenvalue weighted by atomic mass is 9.86. The second kappa shape index (κ2) is 4.29. The quantitative estimate of drug-likeness (QED) is 0.647. The summed E-state index contributed by atoms with van der Waals surface area (Å²) in [6.45, 7) is 0.696. The van der Waals surface area contributed by atoms with Gasteiger partial charge < -0.3 is 10.5 Å². The third-order valence-electron chi connectivity index (χ3n) is 2.45. The van der Waals surface area contributed by atoms with E-state index in [1.165, 1.54) is 0 Å². The maximum atomic E-state index is 6.00. The first-order valence-corrected chi connectivity index (χ1v) is 4.58. The second-order valence-electron chi connectivity index (χ2n) is 3.18. The van der Waals surface area contributed by atoms with Gasteiger partial charge in [0, 0.05) is 12.5 Å². The third kappa shape index (κ3) is 2.32. The summed E-state index contributed by atoms with van der Waals surface area (Å²) >= 11 is 6.00. The summed E-state index contributed by atoms with van der Waals surface area (Å²) in [6.07, 6.45) is 3.48. The fraction of sp³-hybridized carbons (Fsp3) is 1.00. The summed E-state index contributed by atoms with van der Waals surface area (Å²) in [5.74, 6) is 0.469. The first-order chi connectivity index (χ1) is 5.27. The van der Waals surface area contributed by atoms with Gasteiger partial charge in [0.15, 0.2) is 0 Å². The van der Waals surface area contributed by atoms with E-state index in [9.17, 15) is 0 Å². The molecule has 3 heteroatoms. The van der Waals surface area contributed by atoms with Crippen molar-refractivity contribution in [2.24, 2.45) is 11.7 Å². The van der Waals surface area contributed by atoms with Gasteiger partial charge in [-0.1, -0.05) is 0 Å². The molecule has 0 aliphatic heterocycles. The first kappa shape index (κ1) is 9.30. The molecule has 0 aromatic carbocycles. The number of ether oxygens (including phenoxy) is 1. The summed E-state index contributed by atoms with van der Waals surface area (Å²) in [5.41, 5.74) is 5.59. The average Bonchev–Trinajstić information content (AvgIpc) is 2.04. The summed E-state index contributed by atoms with van der Waals surface area (Å²) in [6, 6.07) is 0. The lowest BCUT2D eigenvalue weighted by Crippen LogP contribution is -2.35. The molecule has 0 bridgehead atoms. The molecule has 3 unspecified atom stereocenters. The summed E-state index contributed by atoms with van der Waals surface area (Å²) < 4.78 is 5.30. The van der Waals surface area contributed by atoms with Gasteiger partial charge in [-0.2, -0.15) is 0 Å². The smallest absolute Gasteiger partial charge is 0.0612 e. The van der Waals surface area contributed by atoms with E-state index in [-0.39, 0.29) is 0 Å². The maximum Gasteiger partial charge on any atom is 0.0612 e. The van der Waals surface area contributed by atoms with E-state index in [4.69, 9.17) is 22.1 Å². The fourth-order valence-corrected chi connectivity index (χ4v) is 2.09. The number of halogens is 1. The Morgan fingerprint density at radius 3 is 2.82 bits per heavy atom. The predicted octanol–water partition coefficient (Wildman–Crippen LogP) is 1.37. The molecule has 3 atom stereocenters. The van der Waals surface area contributed by atoms with Gasteiger partial charge in [-0.15, -0.1) is 11.6 Å². The summed E-state index contributed by atoms with van der Waals surface area (Å²) in [5, 5.41) is 0.315. The molecule has 66 valence electrons. The SMILES string of the molecule is COC1CCC(Cl)CC1CN. The van der Waals surface area contributed by atoms with Gasteiger partial charge in [-0.25, -0.2) is 0 Å². The summed E-state index contributed by atoms with van der Waals surface area (Å²) in [4.78, 5) is 0. The van der Waals surface area contributed by atoms with Crippen molar-refractivity contribution in [2.45, 2.75) is 30.7 Å². The van der Waals surface area contributed by atoms with Crippen LogP contribution in [0.3, 0.4) is 0 Å². The molecule has 1 aliphatic rings. The Morgan fingerprint density at radius 1 is 1.55 bits per heavy atom. The number of nitrogens with two attached hydrogens (primary N) is 1. The minimum Gasteiger partial charge on any atom is -0.381 e. The van der Waals surface area contributed by atoms with Crippen molar-refractivity contribution in [1.29, 1.82) is 0 Å². The molecule has 1 fully saturated rings. The molecule has 0 amide bonds. The first-order valence-electron chi connectivity index (χ1n) is 4.14. The van der Waals surface area contributed by atoms with Crippen LogP contribution in [-0.2, 0) is 4.74 Å². The number of hydrogen-bond donors (Lipinski definition) is 1. The number of hydrogen-bond acceptors (Lipinski definition) is 2. The van der Waals surface area contributed by atoms with Crippen molar-refractivity contribution >= 4 is 11.6 Å². The minimum absolute atomic E-state index is 0.315. The fourth-order valence-electron chi connectivity index (χ4n) is 1.74. The van der Waals surface area contributed by atoms with Crippen LogP contribution < -0.4 is 5.73 Å². The zero-order valence-electron chi connectivity index (χ0n) is 6.92. The lowest BCUT2D eigenvalue weighted by Gasteiger charge is -2.31. The number of rotatable bonds is 2. The second-order valence-corrected chi connectivity index (χ2v) is 3.80. The maximum absolute atomic E-state index is 6.00. The van der Waals surface area contributed by atoms with Crippen molar-refractivity contribution in [1.82, 2.24) is 0 Å². The Kier molecular flexibility index (Phi) is 3.63. The van der Waals surface area contributed by atoms with Gasteiger partial charge in [-0.05, 0) is 31.7 Å². The van der Waals surface area contributed by atoms with Gasteiger partial charge in [0.25, 0.3) is 0 Å². The van der Waals surface area contributed by atoms with Crippen LogP contribution in [0.4, 0.5) is 0 Å². The van der Waals surface area contributed by atoms with Crippen molar-refractivity contribution in [3.8, 4) is 0 Å². The van der Waals surface area contributed by atoms with Crippen molar-refractivity contribution < 1.29 is 4.74 Å². The van der Waals surface area contributed by atoms with E-state index in [0.29, 0.717) is 23.9 Å². The zero-order valence-corrected chi connectivity index (χ0v) is 7.68. The Balaban J connectivity index is 2.41. The Hall–Kier alpha value is 0.210. The Bertz CT molecular complexity index is 121. The van der Waals surface area contributed by atoms with Gasteiger partial charge in [0.1, 0.15) is 0 Å². The van der Waals surface area contributed by atoms with Gasteiger partial charge in [0.2, 0.25) is 0 Å². The van der Waals surface area contributed by atoms with E-state index in [1.54, 1.807) is 7.11 Å². The van der Waals surface area contributed by atoms with Crippen LogP contribution in [0.5, 0.6) is 0 Å². The highest BCUT2D eigenvalue weighted by molar-refractivity contribution is 6.20. The molecule has 0 heterocycles. The van der Waals surface area contributed by atoms with Crippen molar-refractivity contribution in [3.05, 3.63) is 0 Å². The topological polar surface area (TPSA) is 35.2 Å². The molecular weight excluding hydrogens is 162 g/mol. The molecule has 2 nitrogen and oxygen atoms in total. The Labute approximate surface area is 73.0 Å². The molecular formula is C8H16ClNO. The van der Waals surface area contributed by atoms with E-state index < -0.39 is 0 Å². The number of methoxy groups -OCH3 is 1. The molecule has 0 radical (unpaired) electrons. The van der Waals surface area contributed by atoms with Crippen LogP contribution in [0.1, 0.15) is 19.3 Å². The Morgan fingerprint density at radius 2 is 2.27 bits per heavy atom. The molecule has 2 N–H and O–H groups in total. The zero-order chi connectivity index (χ0) is 8.27. The number of alkyl halides is 1. The standard InChI is InChI=1S/C8H16ClNO/c1-11-8-3-2-7(9)4-6(8)5-10/h6-8H,2-5,10H2,1H3. The molecule has 0 spiro atoms. The molecule has 1 saturated carbocycles. The van der Waals surface area contributed by atoms with Gasteiger partial charge in [-0.3, -0.25) is 0 Å². The van der Waals surface area contributed by atoms with Gasteiger partial charge >= 0.3 is 0 Å². The molecule has 0 saturated heterocycles. The molecule has 0 aromatic rings. The summed E-state index contributed by atoms with van der Waals surface area (Å²) in [7, 11) is 1.75. The van der Waals surface area contributed by atoms with Crippen LogP contribution >= 0.6 is 11.6 Å². The minimum atomic E-state index is 0.315. The highest BCUT2D eigenvalue weighted by Gasteiger charge is 2.28. The van der Waals surface area contributed by atoms with Crippen LogP contribution in [0.2, 0.25) is 0 Å². The molecule has 1 rings (SSSR count). The van der Waals surface area contributed by atoms with Crippen LogP contribution in [0, 0.1) is 5.92 Å². The van der Waals surface area contributed by atoms with E-state index in [0.717, 1.165) is 19.3 Å². The third-order valence-corrected chi connectivity index (χ3v) is 2.85. The van der Waals surface area contributed by atoms with Crippen LogP contribution in [0.15, 0.2) is 0 Å². The van der Waals surface area contributed by atoms with Gasteiger partial charge in [0.05, 0.1) is 6.10 Å². The van der Waals surface area contributed by atoms with E-state index >= 15 is 0 Å². The lowest BCUT2D eigenvalue weighted by molar-refractivity contribution is 0.0283. The van der Waals surface area contributed by atoms with Crippen molar-refractivity contribution in [2.75, 3.05) is 13.7 Å². The van der Waals surface area contributed by atoms with E-state index in [1.807, 2.05) is 0 Å². The normalized spacial score (nSPS) is 39.0. The van der Waals surface area contributed by atoms with Crippen molar-refractivity contribution in [3.63, 3.8) is 0 Å². The average molecular weight is 178 g/mol. The molecule has 1 aliphatic carbocycles. The van der Waals surface area contributed by atoms with Crippen LogP contribution in [0.25, 0.3) is 0 Å². The predicted molar refractivity (Wildman–Crippen MR) is 46.8 cm³/mol. The highest BCUT2D eigenvalue weighted by Crippen LogP contribution is 2.29. The van der Waals surface area contributed by atoms with E-state index in [2.05, 4.69) is 0 Å². The van der Waals surface area contributed by atoms with Crippen LogP contribution in [-0.4, -0.2) is 25.1 Å². The molecule has 11 heavy (non-hydrogen) atoms. The monoisotopic (exact) mass is 177 g/mol. The molecule has 0 aromatic heterocycles. The highest BCUT2D eigenvalue weighted by atomic mass is 35.5. The largest absolute Gasteiger partial charge is 0.381 e.